The summed E-state index contributed by atoms with van der Waals surface area (Å²) < 4.78 is 17.5. The van der Waals surface area contributed by atoms with Gasteiger partial charge in [0.15, 0.2) is 0 Å². The van der Waals surface area contributed by atoms with Crippen LogP contribution in [0.4, 0.5) is 0 Å². The second kappa shape index (κ2) is 8.29. The Labute approximate surface area is 219 Å². The average molecular weight is 513 g/mol. The van der Waals surface area contributed by atoms with Gasteiger partial charge in [0.25, 0.3) is 0 Å². The Morgan fingerprint density at radius 1 is 1.08 bits per heavy atom. The van der Waals surface area contributed by atoms with Crippen molar-refractivity contribution < 1.29 is 33.4 Å². The average Bonchev–Trinajstić information content (AvgIpc) is 3.40. The third-order valence-corrected chi connectivity index (χ3v) is 10.8. The molecule has 1 aliphatic heterocycles. The van der Waals surface area contributed by atoms with Crippen molar-refractivity contribution in [2.24, 2.45) is 39.9 Å². The number of allylic oxidation sites excluding steroid dienone is 1. The number of rotatable bonds is 3. The van der Waals surface area contributed by atoms with Crippen LogP contribution in [0.25, 0.3) is 0 Å². The Kier molecular flexibility index (Phi) is 5.87. The Morgan fingerprint density at radius 3 is 2.41 bits per heavy atom. The second-order valence-corrected chi connectivity index (χ2v) is 13.3. The zero-order valence-corrected chi connectivity index (χ0v) is 22.9. The lowest BCUT2D eigenvalue weighted by molar-refractivity contribution is -0.245. The maximum Gasteiger partial charge on any atom is 0.330 e. The molecule has 5 rings (SSSR count). The third kappa shape index (κ3) is 3.52. The molecule has 0 spiro atoms. The van der Waals surface area contributed by atoms with Gasteiger partial charge in [-0.05, 0) is 49.7 Å². The number of fused-ring (bicyclic) bond motifs is 5. The molecule has 9 unspecified atom stereocenters. The maximum atomic E-state index is 14.0. The minimum Gasteiger partial charge on any atom is -0.472 e. The van der Waals surface area contributed by atoms with Gasteiger partial charge in [0.2, 0.25) is 0 Å². The monoisotopic (exact) mass is 512 g/mol. The van der Waals surface area contributed by atoms with E-state index in [4.69, 9.17) is 13.9 Å². The van der Waals surface area contributed by atoms with E-state index in [0.29, 0.717) is 19.3 Å². The molecule has 4 aliphatic rings. The van der Waals surface area contributed by atoms with Crippen molar-refractivity contribution in [3.05, 3.63) is 36.3 Å². The molecule has 1 aromatic heterocycles. The third-order valence-electron chi connectivity index (χ3n) is 10.8. The van der Waals surface area contributed by atoms with Crippen LogP contribution in [0, 0.1) is 39.9 Å². The van der Waals surface area contributed by atoms with E-state index in [2.05, 4.69) is 13.8 Å². The topological polar surface area (TPSA) is 103 Å². The van der Waals surface area contributed by atoms with Gasteiger partial charge >= 0.3 is 11.9 Å². The number of Topliss-reactive ketones (excluding diaryl/α,β-unsaturated/α-hetero) is 1. The molecule has 0 saturated heterocycles. The molecule has 0 amide bonds. The van der Waals surface area contributed by atoms with Crippen LogP contribution < -0.4 is 0 Å². The first-order valence-electron chi connectivity index (χ1n) is 13.5. The molecule has 0 aromatic carbocycles. The lowest BCUT2D eigenvalue weighted by atomic mass is 9.38. The Bertz CT molecular complexity index is 1130. The predicted molar refractivity (Wildman–Crippen MR) is 135 cm³/mol. The molecule has 0 radical (unpaired) electrons. The first-order valence-corrected chi connectivity index (χ1v) is 13.5. The molecule has 3 aliphatic carbocycles. The highest BCUT2D eigenvalue weighted by Crippen LogP contribution is 2.72. The number of hydrogen-bond donors (Lipinski definition) is 1. The summed E-state index contributed by atoms with van der Waals surface area (Å²) in [4.78, 5) is 39.6. The first-order chi connectivity index (χ1) is 17.2. The SMILES string of the molecule is CC(C)C(=O)OC1CC2C3(C)C=CC(=O)OC(C)(C)C3CC(O)C2(C)C2C(=O)CC(c3ccoc3)C12C. The first kappa shape index (κ1) is 26.2. The summed E-state index contributed by atoms with van der Waals surface area (Å²) >= 11 is 0. The second-order valence-electron chi connectivity index (χ2n) is 13.3. The summed E-state index contributed by atoms with van der Waals surface area (Å²) in [5, 5.41) is 11.9. The van der Waals surface area contributed by atoms with Crippen LogP contribution in [-0.2, 0) is 23.9 Å². The number of ketones is 1. The van der Waals surface area contributed by atoms with E-state index in [1.54, 1.807) is 12.5 Å². The molecule has 2 heterocycles. The van der Waals surface area contributed by atoms with Gasteiger partial charge in [-0.1, -0.05) is 40.7 Å². The standard InChI is InChI=1S/C30H40O7/c1-16(2)26(34)36-23-14-21-28(5)10-8-24(33)37-27(3,4)20(28)13-22(32)30(21,7)25-19(31)12-18(29(23,25)6)17-9-11-35-15-17/h8-11,15-16,18,20-23,25,32H,12-14H2,1-7H3. The largest absolute Gasteiger partial charge is 0.472 e. The molecular weight excluding hydrogens is 472 g/mol. The minimum atomic E-state index is -0.818. The maximum absolute atomic E-state index is 14.0. The van der Waals surface area contributed by atoms with Gasteiger partial charge in [0.05, 0.1) is 24.5 Å². The van der Waals surface area contributed by atoms with Gasteiger partial charge in [-0.3, -0.25) is 9.59 Å². The number of carbonyl (C=O) groups is 3. The Hall–Kier alpha value is -2.41. The predicted octanol–water partition coefficient (Wildman–Crippen LogP) is 4.83. The van der Waals surface area contributed by atoms with Crippen molar-refractivity contribution in [2.75, 3.05) is 0 Å². The van der Waals surface area contributed by atoms with E-state index < -0.39 is 45.9 Å². The lowest BCUT2D eigenvalue weighted by Crippen LogP contribution is -2.69. The zero-order chi connectivity index (χ0) is 27.1. The number of furan rings is 1. The van der Waals surface area contributed by atoms with Crippen molar-refractivity contribution in [2.45, 2.75) is 91.5 Å². The van der Waals surface area contributed by atoms with Gasteiger partial charge in [0, 0.05) is 41.1 Å². The van der Waals surface area contributed by atoms with Crippen LogP contribution in [0.5, 0.6) is 0 Å². The van der Waals surface area contributed by atoms with E-state index in [1.807, 2.05) is 46.8 Å². The number of hydrogen-bond acceptors (Lipinski definition) is 7. The van der Waals surface area contributed by atoms with Crippen molar-refractivity contribution in [3.8, 4) is 0 Å². The van der Waals surface area contributed by atoms with Crippen LogP contribution >= 0.6 is 0 Å². The zero-order valence-electron chi connectivity index (χ0n) is 22.9. The number of esters is 2. The van der Waals surface area contributed by atoms with Gasteiger partial charge in [-0.25, -0.2) is 4.79 Å². The summed E-state index contributed by atoms with van der Waals surface area (Å²) in [5.41, 5.74) is -1.99. The van der Waals surface area contributed by atoms with Crippen LogP contribution in [0.2, 0.25) is 0 Å². The van der Waals surface area contributed by atoms with E-state index >= 15 is 0 Å². The molecule has 7 heteroatoms. The van der Waals surface area contributed by atoms with Gasteiger partial charge < -0.3 is 19.0 Å². The number of ether oxygens (including phenoxy) is 2. The smallest absolute Gasteiger partial charge is 0.330 e. The number of cyclic esters (lactones) is 1. The molecule has 37 heavy (non-hydrogen) atoms. The highest BCUT2D eigenvalue weighted by Gasteiger charge is 2.74. The summed E-state index contributed by atoms with van der Waals surface area (Å²) in [6, 6.07) is 1.88. The fourth-order valence-corrected chi connectivity index (χ4v) is 9.04. The molecule has 1 aromatic rings. The normalized spacial score (nSPS) is 44.5. The summed E-state index contributed by atoms with van der Waals surface area (Å²) in [6.45, 7) is 13.6. The van der Waals surface area contributed by atoms with Crippen LogP contribution in [0.3, 0.4) is 0 Å². The summed E-state index contributed by atoms with van der Waals surface area (Å²) in [6.07, 6.45) is 6.55. The van der Waals surface area contributed by atoms with Crippen LogP contribution in [0.1, 0.15) is 79.2 Å². The molecule has 1 N–H and O–H groups in total. The van der Waals surface area contributed by atoms with Crippen LogP contribution in [0.15, 0.2) is 35.2 Å². The Balaban J connectivity index is 1.70. The van der Waals surface area contributed by atoms with E-state index in [1.165, 1.54) is 6.08 Å². The molecule has 3 fully saturated rings. The quantitative estimate of drug-likeness (QED) is 0.579. The molecule has 202 valence electrons. The highest BCUT2D eigenvalue weighted by atomic mass is 16.6. The van der Waals surface area contributed by atoms with E-state index in [0.717, 1.165) is 5.56 Å². The van der Waals surface area contributed by atoms with Gasteiger partial charge in [-0.2, -0.15) is 0 Å². The number of carbonyl (C=O) groups excluding carboxylic acids is 3. The summed E-state index contributed by atoms with van der Waals surface area (Å²) in [7, 11) is 0. The molecule has 7 nitrogen and oxygen atoms in total. The molecule has 3 saturated carbocycles. The minimum absolute atomic E-state index is 0.0804. The van der Waals surface area contributed by atoms with Crippen molar-refractivity contribution in [1.29, 1.82) is 0 Å². The fourth-order valence-electron chi connectivity index (χ4n) is 9.04. The molecular formula is C30H40O7. The fraction of sp³-hybridized carbons (Fsp3) is 0.700. The van der Waals surface area contributed by atoms with Gasteiger partial charge in [0.1, 0.15) is 17.5 Å². The van der Waals surface area contributed by atoms with Crippen LogP contribution in [-0.4, -0.2) is 40.6 Å². The lowest BCUT2D eigenvalue weighted by Gasteiger charge is -2.67. The number of aliphatic hydroxyl groups excluding tert-OH is 1. The molecule has 9 atom stereocenters. The van der Waals surface area contributed by atoms with E-state index in [-0.39, 0.29) is 35.4 Å². The van der Waals surface area contributed by atoms with Crippen molar-refractivity contribution in [3.63, 3.8) is 0 Å². The van der Waals surface area contributed by atoms with Crippen molar-refractivity contribution in [1.82, 2.24) is 0 Å². The summed E-state index contributed by atoms with van der Waals surface area (Å²) in [5.74, 6) is -2.08. The van der Waals surface area contributed by atoms with Gasteiger partial charge in [-0.15, -0.1) is 0 Å². The highest BCUT2D eigenvalue weighted by molar-refractivity contribution is 5.88. The molecule has 0 bridgehead atoms. The number of aliphatic hydroxyl groups is 1. The van der Waals surface area contributed by atoms with Crippen molar-refractivity contribution >= 4 is 17.7 Å². The van der Waals surface area contributed by atoms with E-state index in [9.17, 15) is 19.5 Å². The Morgan fingerprint density at radius 2 is 1.78 bits per heavy atom.